The van der Waals surface area contributed by atoms with Crippen LogP contribution in [0.3, 0.4) is 0 Å². The van der Waals surface area contributed by atoms with Crippen molar-refractivity contribution in [3.8, 4) is 0 Å². The summed E-state index contributed by atoms with van der Waals surface area (Å²) in [6.45, 7) is 5.10. The van der Waals surface area contributed by atoms with Gasteiger partial charge in [-0.3, -0.25) is 9.89 Å². The molecule has 2 fully saturated rings. The molecule has 0 bridgehead atoms. The van der Waals surface area contributed by atoms with Gasteiger partial charge in [0.1, 0.15) is 0 Å². The summed E-state index contributed by atoms with van der Waals surface area (Å²) in [6.07, 6.45) is 6.47. The van der Waals surface area contributed by atoms with Crippen molar-refractivity contribution in [3.63, 3.8) is 0 Å². The molecular formula is C22H29N3O2. The number of carbonyl (C=O) groups is 1. The fraction of sp³-hybridized carbons (Fsp3) is 0.545. The molecule has 2 aliphatic heterocycles. The second-order valence-electron chi connectivity index (χ2n) is 8.11. The molecule has 4 rings (SSSR count). The molecule has 1 unspecified atom stereocenters. The first-order chi connectivity index (χ1) is 13.2. The maximum absolute atomic E-state index is 13.7. The van der Waals surface area contributed by atoms with Crippen LogP contribution in [0.5, 0.6) is 0 Å². The van der Waals surface area contributed by atoms with Crippen molar-refractivity contribution < 1.29 is 9.53 Å². The van der Waals surface area contributed by atoms with Gasteiger partial charge in [0, 0.05) is 37.9 Å². The first-order valence-electron chi connectivity index (χ1n) is 10.1. The van der Waals surface area contributed by atoms with E-state index in [1.165, 1.54) is 16.8 Å². The predicted molar refractivity (Wildman–Crippen MR) is 105 cm³/mol. The minimum atomic E-state index is -0.329. The number of nitrogens with one attached hydrogen (secondary N) is 1. The molecule has 3 heterocycles. The van der Waals surface area contributed by atoms with Crippen molar-refractivity contribution in [3.05, 3.63) is 53.3 Å². The summed E-state index contributed by atoms with van der Waals surface area (Å²) >= 11 is 0. The molecule has 144 valence electrons. The van der Waals surface area contributed by atoms with E-state index >= 15 is 0 Å². The Morgan fingerprint density at radius 2 is 2.07 bits per heavy atom. The highest BCUT2D eigenvalue weighted by atomic mass is 16.5. The van der Waals surface area contributed by atoms with Crippen LogP contribution < -0.4 is 0 Å². The summed E-state index contributed by atoms with van der Waals surface area (Å²) in [5, 5.41) is 7.34. The monoisotopic (exact) mass is 367 g/mol. The predicted octanol–water partition coefficient (Wildman–Crippen LogP) is 3.46. The number of piperidine rings is 1. The number of nitrogens with zero attached hydrogens (tertiary/aromatic N) is 2. The van der Waals surface area contributed by atoms with Gasteiger partial charge in [0.05, 0.1) is 11.6 Å². The summed E-state index contributed by atoms with van der Waals surface area (Å²) in [7, 11) is 0. The van der Waals surface area contributed by atoms with Crippen molar-refractivity contribution in [2.45, 2.75) is 44.9 Å². The van der Waals surface area contributed by atoms with E-state index in [1.807, 2.05) is 12.3 Å². The number of rotatable bonds is 4. The van der Waals surface area contributed by atoms with Crippen LogP contribution in [-0.2, 0) is 16.0 Å². The van der Waals surface area contributed by atoms with Crippen molar-refractivity contribution in [2.75, 3.05) is 26.3 Å². The molecule has 2 aromatic rings. The summed E-state index contributed by atoms with van der Waals surface area (Å²) in [5.74, 6) is 0.676. The second kappa shape index (κ2) is 7.85. The van der Waals surface area contributed by atoms with Gasteiger partial charge in [-0.05, 0) is 50.2 Å². The lowest BCUT2D eigenvalue weighted by Gasteiger charge is -2.42. The molecule has 1 aromatic carbocycles. The summed E-state index contributed by atoms with van der Waals surface area (Å²) in [5.41, 5.74) is 3.30. The van der Waals surface area contributed by atoms with Gasteiger partial charge in [-0.1, -0.05) is 30.3 Å². The molecule has 0 aliphatic carbocycles. The highest BCUT2D eigenvalue weighted by Gasteiger charge is 2.43. The minimum absolute atomic E-state index is 0.316. The number of H-pyrrole nitrogens is 1. The first-order valence-corrected chi connectivity index (χ1v) is 10.1. The van der Waals surface area contributed by atoms with Gasteiger partial charge in [0.2, 0.25) is 5.91 Å². The van der Waals surface area contributed by atoms with Gasteiger partial charge in [0.25, 0.3) is 0 Å². The molecule has 1 aromatic heterocycles. The van der Waals surface area contributed by atoms with Crippen LogP contribution in [0.2, 0.25) is 0 Å². The molecule has 2 saturated heterocycles. The van der Waals surface area contributed by atoms with Crippen molar-refractivity contribution >= 4 is 5.91 Å². The Labute approximate surface area is 161 Å². The van der Waals surface area contributed by atoms with Crippen molar-refractivity contribution in [2.24, 2.45) is 5.41 Å². The van der Waals surface area contributed by atoms with Crippen LogP contribution in [0.25, 0.3) is 0 Å². The van der Waals surface area contributed by atoms with Gasteiger partial charge < -0.3 is 9.64 Å². The number of benzene rings is 1. The minimum Gasteiger partial charge on any atom is -0.381 e. The third-order valence-corrected chi connectivity index (χ3v) is 6.27. The summed E-state index contributed by atoms with van der Waals surface area (Å²) in [4.78, 5) is 15.8. The van der Waals surface area contributed by atoms with Gasteiger partial charge in [-0.15, -0.1) is 0 Å². The Morgan fingerprint density at radius 1 is 1.30 bits per heavy atom. The number of hydrogen-bond donors (Lipinski definition) is 1. The molecule has 1 N–H and O–H groups in total. The Hall–Kier alpha value is -2.14. The number of carbonyl (C=O) groups excluding carboxylic acids is 1. The average molecular weight is 367 g/mol. The third-order valence-electron chi connectivity index (χ3n) is 6.27. The third kappa shape index (κ3) is 3.79. The molecule has 5 nitrogen and oxygen atoms in total. The second-order valence-corrected chi connectivity index (χ2v) is 8.11. The van der Waals surface area contributed by atoms with E-state index < -0.39 is 0 Å². The van der Waals surface area contributed by atoms with E-state index in [0.717, 1.165) is 45.2 Å². The lowest BCUT2D eigenvalue weighted by atomic mass is 9.73. The number of amides is 1. The average Bonchev–Trinajstić information content (AvgIpc) is 3.15. The number of aromatic nitrogens is 2. The van der Waals surface area contributed by atoms with Gasteiger partial charge >= 0.3 is 0 Å². The Kier molecular flexibility index (Phi) is 5.30. The van der Waals surface area contributed by atoms with Gasteiger partial charge in [0.15, 0.2) is 0 Å². The van der Waals surface area contributed by atoms with Crippen LogP contribution in [0.1, 0.15) is 48.4 Å². The normalized spacial score (nSPS) is 22.6. The Balaban J connectivity index is 1.55. The van der Waals surface area contributed by atoms with Crippen LogP contribution in [0.4, 0.5) is 0 Å². The molecule has 0 radical (unpaired) electrons. The van der Waals surface area contributed by atoms with Gasteiger partial charge in [-0.2, -0.15) is 5.10 Å². The quantitative estimate of drug-likeness (QED) is 0.900. The van der Waals surface area contributed by atoms with Crippen LogP contribution in [0.15, 0.2) is 36.5 Å². The maximum Gasteiger partial charge on any atom is 0.229 e. The summed E-state index contributed by atoms with van der Waals surface area (Å²) < 4.78 is 5.61. The Bertz CT molecular complexity index is 765. The number of aryl methyl sites for hydroxylation is 1. The maximum atomic E-state index is 13.7. The van der Waals surface area contributed by atoms with E-state index in [0.29, 0.717) is 25.0 Å². The molecule has 1 atom stereocenters. The zero-order valence-corrected chi connectivity index (χ0v) is 16.1. The highest BCUT2D eigenvalue weighted by molar-refractivity contribution is 5.83. The molecule has 5 heteroatoms. The molecule has 1 amide bonds. The first kappa shape index (κ1) is 18.2. The molecule has 2 aliphatic rings. The lowest BCUT2D eigenvalue weighted by molar-refractivity contribution is -0.149. The molecule has 0 spiro atoms. The van der Waals surface area contributed by atoms with E-state index in [9.17, 15) is 4.79 Å². The van der Waals surface area contributed by atoms with Gasteiger partial charge in [-0.25, -0.2) is 0 Å². The van der Waals surface area contributed by atoms with E-state index in [1.54, 1.807) is 0 Å². The van der Waals surface area contributed by atoms with Crippen LogP contribution >= 0.6 is 0 Å². The van der Waals surface area contributed by atoms with Crippen LogP contribution in [-0.4, -0.2) is 47.3 Å². The number of likely N-dealkylation sites (tertiary alicyclic amines) is 1. The van der Waals surface area contributed by atoms with Crippen molar-refractivity contribution in [1.82, 2.24) is 15.1 Å². The van der Waals surface area contributed by atoms with E-state index in [-0.39, 0.29) is 5.41 Å². The highest BCUT2D eigenvalue weighted by Crippen LogP contribution is 2.38. The standard InChI is InChI=1S/C22H29N3O2/c1-17-15-23-24-20(17)19-8-5-11-25(16-19)21(26)22(9-12-27-13-10-22)14-18-6-3-2-4-7-18/h2-4,6-7,15,19H,5,8-14,16H2,1H3,(H,23,24). The van der Waals surface area contributed by atoms with Crippen molar-refractivity contribution in [1.29, 1.82) is 0 Å². The smallest absolute Gasteiger partial charge is 0.229 e. The number of hydrogen-bond acceptors (Lipinski definition) is 3. The topological polar surface area (TPSA) is 58.2 Å². The van der Waals surface area contributed by atoms with Crippen LogP contribution in [0, 0.1) is 12.3 Å². The largest absolute Gasteiger partial charge is 0.381 e. The lowest BCUT2D eigenvalue weighted by Crippen LogP contribution is -2.51. The molecule has 0 saturated carbocycles. The zero-order valence-electron chi connectivity index (χ0n) is 16.1. The fourth-order valence-electron chi connectivity index (χ4n) is 4.72. The Morgan fingerprint density at radius 3 is 2.78 bits per heavy atom. The van der Waals surface area contributed by atoms with E-state index in [2.05, 4.69) is 46.3 Å². The number of aromatic amines is 1. The SMILES string of the molecule is Cc1cn[nH]c1C1CCCN(C(=O)C2(Cc3ccccc3)CCOCC2)C1. The molecular weight excluding hydrogens is 338 g/mol. The number of ether oxygens (including phenoxy) is 1. The zero-order chi connectivity index (χ0) is 18.7. The van der Waals surface area contributed by atoms with E-state index in [4.69, 9.17) is 4.74 Å². The fourth-order valence-corrected chi connectivity index (χ4v) is 4.72. The summed E-state index contributed by atoms with van der Waals surface area (Å²) in [6, 6.07) is 10.4. The molecule has 27 heavy (non-hydrogen) atoms.